The van der Waals surface area contributed by atoms with E-state index < -0.39 is 0 Å². The molecule has 0 aliphatic heterocycles. The molecule has 0 fully saturated rings. The number of amides is 1. The highest BCUT2D eigenvalue weighted by molar-refractivity contribution is 6.06. The van der Waals surface area contributed by atoms with Gasteiger partial charge in [0.05, 0.1) is 11.9 Å². The molecule has 0 radical (unpaired) electrons. The summed E-state index contributed by atoms with van der Waals surface area (Å²) < 4.78 is 1.85. The molecule has 1 aromatic heterocycles. The molecule has 4 nitrogen and oxygen atoms in total. The number of hydrogen-bond donors (Lipinski definition) is 1. The largest absolute Gasteiger partial charge is 0.319 e. The Kier molecular flexibility index (Phi) is 4.48. The molecule has 1 heterocycles. The molecule has 4 heteroatoms. The molecule has 26 heavy (non-hydrogen) atoms. The first-order chi connectivity index (χ1) is 12.8. The lowest BCUT2D eigenvalue weighted by Gasteiger charge is -2.04. The molecule has 1 amide bonds. The van der Waals surface area contributed by atoms with Crippen LogP contribution < -0.4 is 5.32 Å². The summed E-state index contributed by atoms with van der Waals surface area (Å²) >= 11 is 0. The first kappa shape index (κ1) is 16.1. The zero-order chi connectivity index (χ0) is 17.8. The van der Waals surface area contributed by atoms with Crippen LogP contribution in [0.25, 0.3) is 10.8 Å². The molecule has 0 saturated heterocycles. The van der Waals surface area contributed by atoms with Gasteiger partial charge < -0.3 is 5.32 Å². The molecule has 0 aliphatic carbocycles. The van der Waals surface area contributed by atoms with Crippen molar-refractivity contribution in [1.82, 2.24) is 9.78 Å². The van der Waals surface area contributed by atoms with E-state index in [0.717, 1.165) is 23.7 Å². The smallest absolute Gasteiger partial charge is 0.255 e. The number of carbonyl (C=O) groups is 1. The molecular formula is C22H19N3O. The summed E-state index contributed by atoms with van der Waals surface area (Å²) in [6, 6.07) is 24.0. The van der Waals surface area contributed by atoms with Crippen molar-refractivity contribution in [3.63, 3.8) is 0 Å². The maximum atomic E-state index is 12.5. The van der Waals surface area contributed by atoms with Crippen LogP contribution in [0.15, 0.2) is 85.2 Å². The lowest BCUT2D eigenvalue weighted by molar-refractivity contribution is 0.102. The van der Waals surface area contributed by atoms with Gasteiger partial charge in [-0.05, 0) is 34.9 Å². The summed E-state index contributed by atoms with van der Waals surface area (Å²) in [5.41, 5.74) is 2.61. The van der Waals surface area contributed by atoms with E-state index in [1.807, 2.05) is 71.5 Å². The molecule has 0 unspecified atom stereocenters. The van der Waals surface area contributed by atoms with Crippen molar-refractivity contribution in [1.29, 1.82) is 0 Å². The SMILES string of the molecule is O=C(Nc1cnn(CCc2ccccc2)c1)c1ccc2ccccc2c1. The summed E-state index contributed by atoms with van der Waals surface area (Å²) in [4.78, 5) is 12.5. The van der Waals surface area contributed by atoms with E-state index in [0.29, 0.717) is 11.3 Å². The third-order valence-electron chi connectivity index (χ3n) is 4.38. The fourth-order valence-electron chi connectivity index (χ4n) is 2.97. The van der Waals surface area contributed by atoms with Crippen molar-refractivity contribution < 1.29 is 4.79 Å². The lowest BCUT2D eigenvalue weighted by Crippen LogP contribution is -2.11. The molecule has 0 aliphatic rings. The van der Waals surface area contributed by atoms with Gasteiger partial charge in [0.2, 0.25) is 0 Å². The first-order valence-corrected chi connectivity index (χ1v) is 8.64. The molecule has 0 bridgehead atoms. The summed E-state index contributed by atoms with van der Waals surface area (Å²) in [5, 5.41) is 9.43. The van der Waals surface area contributed by atoms with Crippen LogP contribution in [0.5, 0.6) is 0 Å². The van der Waals surface area contributed by atoms with Gasteiger partial charge in [-0.3, -0.25) is 9.48 Å². The minimum atomic E-state index is -0.127. The Balaban J connectivity index is 1.42. The van der Waals surface area contributed by atoms with E-state index in [1.54, 1.807) is 6.20 Å². The Morgan fingerprint density at radius 3 is 2.54 bits per heavy atom. The highest BCUT2D eigenvalue weighted by Crippen LogP contribution is 2.17. The van der Waals surface area contributed by atoms with Gasteiger partial charge in [-0.25, -0.2) is 0 Å². The Morgan fingerprint density at radius 1 is 0.923 bits per heavy atom. The van der Waals surface area contributed by atoms with Gasteiger partial charge in [-0.1, -0.05) is 60.7 Å². The Labute approximate surface area is 152 Å². The maximum Gasteiger partial charge on any atom is 0.255 e. The van der Waals surface area contributed by atoms with Crippen LogP contribution in [-0.4, -0.2) is 15.7 Å². The molecule has 3 aromatic carbocycles. The number of nitrogens with zero attached hydrogens (tertiary/aromatic N) is 2. The molecular weight excluding hydrogens is 322 g/mol. The normalized spacial score (nSPS) is 10.8. The number of aryl methyl sites for hydroxylation is 2. The van der Waals surface area contributed by atoms with E-state index >= 15 is 0 Å². The molecule has 4 rings (SSSR count). The topological polar surface area (TPSA) is 46.9 Å². The van der Waals surface area contributed by atoms with E-state index in [2.05, 4.69) is 22.5 Å². The maximum absolute atomic E-state index is 12.5. The van der Waals surface area contributed by atoms with Gasteiger partial charge in [0.25, 0.3) is 5.91 Å². The van der Waals surface area contributed by atoms with Crippen LogP contribution in [0, 0.1) is 0 Å². The van der Waals surface area contributed by atoms with Gasteiger partial charge in [0.1, 0.15) is 0 Å². The quantitative estimate of drug-likeness (QED) is 0.580. The van der Waals surface area contributed by atoms with Crippen LogP contribution in [0.2, 0.25) is 0 Å². The average Bonchev–Trinajstić information content (AvgIpc) is 3.14. The Bertz CT molecular complexity index is 1040. The fraction of sp³-hybridized carbons (Fsp3) is 0.0909. The zero-order valence-corrected chi connectivity index (χ0v) is 14.3. The number of nitrogens with one attached hydrogen (secondary N) is 1. The van der Waals surface area contributed by atoms with Crippen molar-refractivity contribution in [2.75, 3.05) is 5.32 Å². The first-order valence-electron chi connectivity index (χ1n) is 8.64. The molecule has 0 saturated carbocycles. The number of aromatic nitrogens is 2. The fourth-order valence-corrected chi connectivity index (χ4v) is 2.97. The van der Waals surface area contributed by atoms with Crippen LogP contribution in [0.1, 0.15) is 15.9 Å². The third-order valence-corrected chi connectivity index (χ3v) is 4.38. The average molecular weight is 341 g/mol. The second-order valence-electron chi connectivity index (χ2n) is 6.24. The van der Waals surface area contributed by atoms with Gasteiger partial charge in [-0.15, -0.1) is 0 Å². The summed E-state index contributed by atoms with van der Waals surface area (Å²) in [6.07, 6.45) is 4.45. The summed E-state index contributed by atoms with van der Waals surface area (Å²) in [6.45, 7) is 0.774. The Morgan fingerprint density at radius 2 is 1.69 bits per heavy atom. The molecule has 4 aromatic rings. The lowest BCUT2D eigenvalue weighted by atomic mass is 10.1. The van der Waals surface area contributed by atoms with Gasteiger partial charge in [0.15, 0.2) is 0 Å². The minimum Gasteiger partial charge on any atom is -0.319 e. The summed E-state index contributed by atoms with van der Waals surface area (Å²) in [7, 11) is 0. The number of fused-ring (bicyclic) bond motifs is 1. The van der Waals surface area contributed by atoms with Crippen molar-refractivity contribution in [3.05, 3.63) is 96.3 Å². The highest BCUT2D eigenvalue weighted by atomic mass is 16.1. The number of carbonyl (C=O) groups excluding carboxylic acids is 1. The summed E-state index contributed by atoms with van der Waals surface area (Å²) in [5.74, 6) is -0.127. The number of hydrogen-bond acceptors (Lipinski definition) is 2. The van der Waals surface area contributed by atoms with E-state index in [-0.39, 0.29) is 5.91 Å². The van der Waals surface area contributed by atoms with Crippen LogP contribution in [-0.2, 0) is 13.0 Å². The number of rotatable bonds is 5. The van der Waals surface area contributed by atoms with E-state index in [1.165, 1.54) is 5.56 Å². The number of benzene rings is 3. The van der Waals surface area contributed by atoms with Gasteiger partial charge >= 0.3 is 0 Å². The van der Waals surface area contributed by atoms with Crippen molar-refractivity contribution in [2.45, 2.75) is 13.0 Å². The van der Waals surface area contributed by atoms with Crippen molar-refractivity contribution >= 4 is 22.4 Å². The second-order valence-corrected chi connectivity index (χ2v) is 6.24. The second kappa shape index (κ2) is 7.23. The standard InChI is InChI=1S/C22H19N3O/c26-22(20-11-10-18-8-4-5-9-19(18)14-20)24-21-15-23-25(16-21)13-12-17-6-2-1-3-7-17/h1-11,14-16H,12-13H2,(H,24,26). The van der Waals surface area contributed by atoms with Gasteiger partial charge in [0, 0.05) is 18.3 Å². The van der Waals surface area contributed by atoms with Crippen molar-refractivity contribution in [2.24, 2.45) is 0 Å². The third kappa shape index (κ3) is 3.64. The van der Waals surface area contributed by atoms with Crippen LogP contribution in [0.4, 0.5) is 5.69 Å². The Hall–Kier alpha value is -3.40. The predicted molar refractivity (Wildman–Crippen MR) is 104 cm³/mol. The monoisotopic (exact) mass is 341 g/mol. The van der Waals surface area contributed by atoms with Gasteiger partial charge in [-0.2, -0.15) is 5.10 Å². The zero-order valence-electron chi connectivity index (χ0n) is 14.3. The molecule has 1 N–H and O–H groups in total. The van der Waals surface area contributed by atoms with E-state index in [4.69, 9.17) is 0 Å². The molecule has 0 spiro atoms. The molecule has 128 valence electrons. The minimum absolute atomic E-state index is 0.127. The van der Waals surface area contributed by atoms with Crippen molar-refractivity contribution in [3.8, 4) is 0 Å². The highest BCUT2D eigenvalue weighted by Gasteiger charge is 2.08. The molecule has 0 atom stereocenters. The number of anilines is 1. The van der Waals surface area contributed by atoms with Crippen LogP contribution >= 0.6 is 0 Å². The van der Waals surface area contributed by atoms with E-state index in [9.17, 15) is 4.79 Å². The van der Waals surface area contributed by atoms with Crippen LogP contribution in [0.3, 0.4) is 0 Å². The predicted octanol–water partition coefficient (Wildman–Crippen LogP) is 4.53.